The fourth-order valence-corrected chi connectivity index (χ4v) is 1.94. The molecule has 0 aromatic rings. The third-order valence-electron chi connectivity index (χ3n) is 1.47. The molecule has 5 nitrogen and oxygen atoms in total. The SMILES string of the molecule is CC(CS(C)(=O)=O)NC[C@H](O)CO. The zero-order chi connectivity index (χ0) is 10.5. The normalized spacial score (nSPS) is 16.9. The highest BCUT2D eigenvalue weighted by Crippen LogP contribution is 1.90. The van der Waals surface area contributed by atoms with Gasteiger partial charge in [0.1, 0.15) is 9.84 Å². The molecular formula is C7H17NO4S. The molecular weight excluding hydrogens is 194 g/mol. The van der Waals surface area contributed by atoms with Gasteiger partial charge in [0.25, 0.3) is 0 Å². The van der Waals surface area contributed by atoms with Gasteiger partial charge in [0.15, 0.2) is 0 Å². The Balaban J connectivity index is 3.70. The zero-order valence-electron chi connectivity index (χ0n) is 7.90. The summed E-state index contributed by atoms with van der Waals surface area (Å²) in [6.07, 6.45) is 0.329. The first kappa shape index (κ1) is 12.8. The van der Waals surface area contributed by atoms with Gasteiger partial charge >= 0.3 is 0 Å². The third kappa shape index (κ3) is 8.17. The highest BCUT2D eigenvalue weighted by Gasteiger charge is 2.11. The second-order valence-electron chi connectivity index (χ2n) is 3.24. The van der Waals surface area contributed by atoms with E-state index in [-0.39, 0.29) is 24.9 Å². The van der Waals surface area contributed by atoms with Gasteiger partial charge in [-0.1, -0.05) is 0 Å². The van der Waals surface area contributed by atoms with Crippen LogP contribution in [0, 0.1) is 0 Å². The third-order valence-corrected chi connectivity index (χ3v) is 2.57. The topological polar surface area (TPSA) is 86.6 Å². The van der Waals surface area contributed by atoms with Crippen LogP contribution in [0.3, 0.4) is 0 Å². The fourth-order valence-electron chi connectivity index (χ4n) is 0.915. The lowest BCUT2D eigenvalue weighted by Gasteiger charge is -2.14. The summed E-state index contributed by atoms with van der Waals surface area (Å²) in [6.45, 7) is 1.59. The lowest BCUT2D eigenvalue weighted by atomic mass is 10.3. The van der Waals surface area contributed by atoms with E-state index in [2.05, 4.69) is 5.32 Å². The maximum absolute atomic E-state index is 10.8. The Kier molecular flexibility index (Phi) is 5.46. The second kappa shape index (κ2) is 5.54. The molecule has 0 aromatic carbocycles. The standard InChI is InChI=1S/C7H17NO4S/c1-6(5-13(2,11)12)8-3-7(10)4-9/h6-10H,3-5H2,1-2H3/t6?,7-/m0/s1. The minimum absolute atomic E-state index is 0.0329. The molecule has 0 fully saturated rings. The molecule has 6 heteroatoms. The first-order valence-electron chi connectivity index (χ1n) is 4.05. The molecule has 13 heavy (non-hydrogen) atoms. The molecule has 2 atom stereocenters. The van der Waals surface area contributed by atoms with E-state index in [1.54, 1.807) is 6.92 Å². The minimum atomic E-state index is -2.98. The molecule has 0 rings (SSSR count). The molecule has 0 radical (unpaired) electrons. The molecule has 0 amide bonds. The van der Waals surface area contributed by atoms with E-state index >= 15 is 0 Å². The first-order chi connectivity index (χ1) is 5.85. The average Bonchev–Trinajstić information content (AvgIpc) is 1.97. The Hall–Kier alpha value is -0.170. The lowest BCUT2D eigenvalue weighted by Crippen LogP contribution is -2.38. The van der Waals surface area contributed by atoms with Crippen LogP contribution in [0.1, 0.15) is 6.92 Å². The van der Waals surface area contributed by atoms with E-state index in [0.29, 0.717) is 0 Å². The lowest BCUT2D eigenvalue weighted by molar-refractivity contribution is 0.0929. The van der Waals surface area contributed by atoms with Crippen molar-refractivity contribution in [3.63, 3.8) is 0 Å². The van der Waals surface area contributed by atoms with Crippen LogP contribution in [0.15, 0.2) is 0 Å². The first-order valence-corrected chi connectivity index (χ1v) is 6.11. The van der Waals surface area contributed by atoms with E-state index in [9.17, 15) is 8.42 Å². The number of aliphatic hydroxyl groups excluding tert-OH is 2. The largest absolute Gasteiger partial charge is 0.394 e. The molecule has 1 unspecified atom stereocenters. The monoisotopic (exact) mass is 211 g/mol. The fraction of sp³-hybridized carbons (Fsp3) is 1.00. The predicted molar refractivity (Wildman–Crippen MR) is 50.3 cm³/mol. The molecule has 3 N–H and O–H groups in total. The second-order valence-corrected chi connectivity index (χ2v) is 5.42. The summed E-state index contributed by atoms with van der Waals surface area (Å²) in [4.78, 5) is 0. The minimum Gasteiger partial charge on any atom is -0.394 e. The van der Waals surface area contributed by atoms with Crippen LogP contribution in [-0.4, -0.2) is 55.9 Å². The molecule has 0 aromatic heterocycles. The van der Waals surface area contributed by atoms with Crippen LogP contribution in [0.25, 0.3) is 0 Å². The van der Waals surface area contributed by atoms with Crippen LogP contribution in [0.5, 0.6) is 0 Å². The van der Waals surface area contributed by atoms with Crippen LogP contribution < -0.4 is 5.32 Å². The van der Waals surface area contributed by atoms with E-state index in [1.165, 1.54) is 0 Å². The Labute approximate surface area is 78.7 Å². The van der Waals surface area contributed by atoms with Crippen LogP contribution in [-0.2, 0) is 9.84 Å². The van der Waals surface area contributed by atoms with Crippen molar-refractivity contribution in [2.75, 3.05) is 25.2 Å². The smallest absolute Gasteiger partial charge is 0.148 e. The van der Waals surface area contributed by atoms with Crippen molar-refractivity contribution in [1.29, 1.82) is 0 Å². The van der Waals surface area contributed by atoms with E-state index in [0.717, 1.165) is 6.26 Å². The van der Waals surface area contributed by atoms with Crippen molar-refractivity contribution in [3.8, 4) is 0 Å². The van der Waals surface area contributed by atoms with Crippen LogP contribution in [0.4, 0.5) is 0 Å². The molecule has 0 bridgehead atoms. The molecule has 0 aliphatic heterocycles. The van der Waals surface area contributed by atoms with Crippen molar-refractivity contribution in [2.24, 2.45) is 0 Å². The van der Waals surface area contributed by atoms with Crippen molar-refractivity contribution in [3.05, 3.63) is 0 Å². The van der Waals surface area contributed by atoms with Crippen molar-refractivity contribution >= 4 is 9.84 Å². The predicted octanol–water partition coefficient (Wildman–Crippen LogP) is -1.64. The van der Waals surface area contributed by atoms with Gasteiger partial charge in [0, 0.05) is 18.8 Å². The van der Waals surface area contributed by atoms with Gasteiger partial charge in [-0.3, -0.25) is 0 Å². The van der Waals surface area contributed by atoms with Crippen molar-refractivity contribution < 1.29 is 18.6 Å². The quantitative estimate of drug-likeness (QED) is 0.490. The Bertz CT molecular complexity index is 227. The number of nitrogens with one attached hydrogen (secondary N) is 1. The summed E-state index contributed by atoms with van der Waals surface area (Å²) >= 11 is 0. The van der Waals surface area contributed by atoms with Crippen LogP contribution >= 0.6 is 0 Å². The molecule has 0 heterocycles. The van der Waals surface area contributed by atoms with E-state index < -0.39 is 15.9 Å². The Morgan fingerprint density at radius 1 is 1.46 bits per heavy atom. The summed E-state index contributed by atoms with van der Waals surface area (Å²) in [7, 11) is -2.98. The highest BCUT2D eigenvalue weighted by molar-refractivity contribution is 7.90. The number of rotatable bonds is 6. The summed E-state index contributed by atoms with van der Waals surface area (Å²) < 4.78 is 21.6. The van der Waals surface area contributed by atoms with Gasteiger partial charge in [0.2, 0.25) is 0 Å². The van der Waals surface area contributed by atoms with Crippen LogP contribution in [0.2, 0.25) is 0 Å². The van der Waals surface area contributed by atoms with Gasteiger partial charge < -0.3 is 15.5 Å². The molecule has 0 aliphatic carbocycles. The highest BCUT2D eigenvalue weighted by atomic mass is 32.2. The molecule has 0 saturated carbocycles. The van der Waals surface area contributed by atoms with E-state index in [1.807, 2.05) is 0 Å². The van der Waals surface area contributed by atoms with Gasteiger partial charge in [-0.15, -0.1) is 0 Å². The molecule has 80 valence electrons. The molecule has 0 spiro atoms. The number of hydrogen-bond donors (Lipinski definition) is 3. The van der Waals surface area contributed by atoms with E-state index in [4.69, 9.17) is 10.2 Å². The Morgan fingerprint density at radius 3 is 2.38 bits per heavy atom. The number of hydrogen-bond acceptors (Lipinski definition) is 5. The maximum atomic E-state index is 10.8. The van der Waals surface area contributed by atoms with Gasteiger partial charge in [-0.25, -0.2) is 8.42 Å². The van der Waals surface area contributed by atoms with Crippen molar-refractivity contribution in [2.45, 2.75) is 19.1 Å². The van der Waals surface area contributed by atoms with Gasteiger partial charge in [-0.2, -0.15) is 0 Å². The summed E-state index contributed by atoms with van der Waals surface area (Å²) in [6, 6.07) is -0.212. The van der Waals surface area contributed by atoms with Crippen molar-refractivity contribution in [1.82, 2.24) is 5.32 Å². The number of aliphatic hydroxyl groups is 2. The molecule has 0 aliphatic rings. The van der Waals surface area contributed by atoms with Gasteiger partial charge in [0.05, 0.1) is 18.5 Å². The summed E-state index contributed by atoms with van der Waals surface area (Å²) in [5.41, 5.74) is 0. The Morgan fingerprint density at radius 2 is 2.00 bits per heavy atom. The zero-order valence-corrected chi connectivity index (χ0v) is 8.71. The summed E-state index contributed by atoms with van der Waals surface area (Å²) in [5.74, 6) is 0.0329. The maximum Gasteiger partial charge on any atom is 0.148 e. The van der Waals surface area contributed by atoms with Gasteiger partial charge in [-0.05, 0) is 6.92 Å². The number of sulfone groups is 1. The average molecular weight is 211 g/mol. The summed E-state index contributed by atoms with van der Waals surface area (Å²) in [5, 5.41) is 20.2. The molecule has 0 saturated heterocycles.